The van der Waals surface area contributed by atoms with E-state index in [0.29, 0.717) is 10.8 Å². The van der Waals surface area contributed by atoms with Gasteiger partial charge in [0.25, 0.3) is 11.8 Å². The molecule has 24 heavy (non-hydrogen) atoms. The molecular formula is C14H11ClN6O2S. The number of nitrogens with zero attached hydrogens (tertiary/aromatic N) is 4. The van der Waals surface area contributed by atoms with Crippen LogP contribution in [0.15, 0.2) is 41.8 Å². The number of amides is 2. The largest absolute Gasteiger partial charge is 0.271 e. The van der Waals surface area contributed by atoms with Gasteiger partial charge in [0, 0.05) is 0 Å². The molecule has 0 spiro atoms. The molecular weight excluding hydrogens is 352 g/mol. The van der Waals surface area contributed by atoms with Crippen molar-refractivity contribution >= 4 is 34.8 Å². The zero-order valence-corrected chi connectivity index (χ0v) is 13.7. The van der Waals surface area contributed by atoms with Crippen molar-refractivity contribution in [3.8, 4) is 10.7 Å². The molecule has 2 aromatic heterocycles. The van der Waals surface area contributed by atoms with Crippen LogP contribution < -0.4 is 10.9 Å². The van der Waals surface area contributed by atoms with E-state index in [0.717, 1.165) is 9.67 Å². The van der Waals surface area contributed by atoms with Crippen LogP contribution in [0.4, 0.5) is 0 Å². The predicted octanol–water partition coefficient (Wildman–Crippen LogP) is 1.52. The molecule has 0 unspecified atom stereocenters. The van der Waals surface area contributed by atoms with Crippen molar-refractivity contribution in [2.75, 3.05) is 0 Å². The van der Waals surface area contributed by atoms with Crippen LogP contribution in [0.5, 0.6) is 0 Å². The first-order valence-corrected chi connectivity index (χ1v) is 8.04. The lowest BCUT2D eigenvalue weighted by Gasteiger charge is -2.07. The highest BCUT2D eigenvalue weighted by atomic mass is 35.5. The highest BCUT2D eigenvalue weighted by molar-refractivity contribution is 7.13. The summed E-state index contributed by atoms with van der Waals surface area (Å²) >= 11 is 7.38. The molecule has 0 bridgehead atoms. The zero-order chi connectivity index (χ0) is 16.9. The van der Waals surface area contributed by atoms with Gasteiger partial charge < -0.3 is 0 Å². The van der Waals surface area contributed by atoms with E-state index in [2.05, 4.69) is 26.3 Å². The molecule has 2 amide bonds. The lowest BCUT2D eigenvalue weighted by molar-refractivity contribution is -0.122. The maximum atomic E-state index is 11.9. The van der Waals surface area contributed by atoms with Gasteiger partial charge >= 0.3 is 0 Å². The number of hydrogen-bond acceptors (Lipinski definition) is 6. The highest BCUT2D eigenvalue weighted by Gasteiger charge is 2.12. The summed E-state index contributed by atoms with van der Waals surface area (Å²) in [6, 6.07) is 10.3. The molecule has 0 aliphatic carbocycles. The fraction of sp³-hybridized carbons (Fsp3) is 0.0714. The fourth-order valence-electron chi connectivity index (χ4n) is 1.82. The minimum absolute atomic E-state index is 0.179. The Morgan fingerprint density at radius 3 is 2.75 bits per heavy atom. The number of halogens is 1. The number of tetrazole rings is 1. The lowest BCUT2D eigenvalue weighted by atomic mass is 10.2. The molecule has 2 heterocycles. The van der Waals surface area contributed by atoms with Gasteiger partial charge in [0.05, 0.1) is 15.5 Å². The van der Waals surface area contributed by atoms with Gasteiger partial charge in [0.1, 0.15) is 6.54 Å². The molecule has 0 aliphatic rings. The first-order chi connectivity index (χ1) is 11.6. The van der Waals surface area contributed by atoms with E-state index in [9.17, 15) is 9.59 Å². The van der Waals surface area contributed by atoms with Crippen LogP contribution in [-0.4, -0.2) is 32.0 Å². The van der Waals surface area contributed by atoms with Gasteiger partial charge in [0.15, 0.2) is 0 Å². The monoisotopic (exact) mass is 362 g/mol. The summed E-state index contributed by atoms with van der Waals surface area (Å²) in [6.07, 6.45) is 0. The third kappa shape index (κ3) is 3.76. The third-order valence-corrected chi connectivity index (χ3v) is 4.11. The number of hydrogen-bond donors (Lipinski definition) is 2. The Hall–Kier alpha value is -2.78. The molecule has 0 aliphatic heterocycles. The summed E-state index contributed by atoms with van der Waals surface area (Å²) in [6.45, 7) is -0.179. The van der Waals surface area contributed by atoms with Gasteiger partial charge in [-0.1, -0.05) is 29.8 Å². The summed E-state index contributed by atoms with van der Waals surface area (Å²) in [7, 11) is 0. The smallest absolute Gasteiger partial charge is 0.271 e. The van der Waals surface area contributed by atoms with Crippen LogP contribution in [0.3, 0.4) is 0 Å². The first-order valence-electron chi connectivity index (χ1n) is 6.79. The lowest BCUT2D eigenvalue weighted by Crippen LogP contribution is -2.43. The topological polar surface area (TPSA) is 102 Å². The molecule has 3 aromatic rings. The Kier molecular flexibility index (Phi) is 4.82. The van der Waals surface area contributed by atoms with E-state index in [-0.39, 0.29) is 12.1 Å². The number of hydrazine groups is 1. The van der Waals surface area contributed by atoms with E-state index in [4.69, 9.17) is 11.6 Å². The van der Waals surface area contributed by atoms with Crippen molar-refractivity contribution in [2.24, 2.45) is 0 Å². The average molecular weight is 363 g/mol. The second kappa shape index (κ2) is 7.20. The molecule has 0 atom stereocenters. The van der Waals surface area contributed by atoms with Crippen molar-refractivity contribution < 1.29 is 9.59 Å². The Balaban J connectivity index is 1.55. The Labute approximate surface area is 145 Å². The van der Waals surface area contributed by atoms with Gasteiger partial charge in [-0.15, -0.1) is 21.5 Å². The van der Waals surface area contributed by atoms with Crippen molar-refractivity contribution in [2.45, 2.75) is 6.54 Å². The SMILES string of the molecule is O=C(Cn1nnc(-c2cccs2)n1)NNC(=O)c1ccccc1Cl. The van der Waals surface area contributed by atoms with Crippen LogP contribution >= 0.6 is 22.9 Å². The minimum atomic E-state index is -0.514. The predicted molar refractivity (Wildman–Crippen MR) is 88.2 cm³/mol. The summed E-state index contributed by atoms with van der Waals surface area (Å²) in [5.74, 6) is -0.566. The van der Waals surface area contributed by atoms with Gasteiger partial charge in [-0.3, -0.25) is 20.4 Å². The summed E-state index contributed by atoms with van der Waals surface area (Å²) in [5, 5.41) is 14.0. The van der Waals surface area contributed by atoms with Crippen molar-refractivity contribution in [3.05, 3.63) is 52.4 Å². The van der Waals surface area contributed by atoms with Gasteiger partial charge in [-0.05, 0) is 28.8 Å². The van der Waals surface area contributed by atoms with Crippen LogP contribution in [0.2, 0.25) is 5.02 Å². The van der Waals surface area contributed by atoms with E-state index >= 15 is 0 Å². The van der Waals surface area contributed by atoms with Crippen LogP contribution in [0.25, 0.3) is 10.7 Å². The Morgan fingerprint density at radius 1 is 1.17 bits per heavy atom. The maximum Gasteiger partial charge on any atom is 0.271 e. The van der Waals surface area contributed by atoms with E-state index in [1.54, 1.807) is 24.3 Å². The number of thiophene rings is 1. The normalized spacial score (nSPS) is 10.4. The Bertz CT molecular complexity index is 864. The van der Waals surface area contributed by atoms with E-state index < -0.39 is 11.8 Å². The third-order valence-electron chi connectivity index (χ3n) is 2.91. The fourth-order valence-corrected chi connectivity index (χ4v) is 2.69. The summed E-state index contributed by atoms with van der Waals surface area (Å²) < 4.78 is 0. The van der Waals surface area contributed by atoms with Crippen molar-refractivity contribution in [1.29, 1.82) is 0 Å². The number of benzene rings is 1. The van der Waals surface area contributed by atoms with Gasteiger partial charge in [-0.2, -0.15) is 4.80 Å². The number of carbonyl (C=O) groups excluding carboxylic acids is 2. The standard InChI is InChI=1S/C14H11ClN6O2S/c15-10-5-2-1-4-9(10)14(23)18-16-12(22)8-21-19-13(17-20-21)11-6-3-7-24-11/h1-7H,8H2,(H,16,22)(H,18,23). The van der Waals surface area contributed by atoms with Gasteiger partial charge in [-0.25, -0.2) is 0 Å². The molecule has 0 fully saturated rings. The molecule has 2 N–H and O–H groups in total. The van der Waals surface area contributed by atoms with Crippen molar-refractivity contribution in [1.82, 2.24) is 31.1 Å². The second-order valence-corrected chi connectivity index (χ2v) is 5.96. The molecule has 0 saturated carbocycles. The van der Waals surface area contributed by atoms with Crippen LogP contribution in [0, 0.1) is 0 Å². The second-order valence-electron chi connectivity index (χ2n) is 4.60. The number of carbonyl (C=O) groups is 2. The van der Waals surface area contributed by atoms with Crippen LogP contribution in [-0.2, 0) is 11.3 Å². The highest BCUT2D eigenvalue weighted by Crippen LogP contribution is 2.19. The Morgan fingerprint density at radius 2 is 2.00 bits per heavy atom. The molecule has 3 rings (SSSR count). The number of aromatic nitrogens is 4. The maximum absolute atomic E-state index is 11.9. The van der Waals surface area contributed by atoms with E-state index in [1.165, 1.54) is 11.3 Å². The van der Waals surface area contributed by atoms with Crippen LogP contribution in [0.1, 0.15) is 10.4 Å². The zero-order valence-electron chi connectivity index (χ0n) is 12.1. The minimum Gasteiger partial charge on any atom is -0.271 e. The molecule has 8 nitrogen and oxygen atoms in total. The van der Waals surface area contributed by atoms with E-state index in [1.807, 2.05) is 17.5 Å². The molecule has 10 heteroatoms. The number of rotatable bonds is 4. The first kappa shape index (κ1) is 16.1. The number of nitrogens with one attached hydrogen (secondary N) is 2. The van der Waals surface area contributed by atoms with Crippen molar-refractivity contribution in [3.63, 3.8) is 0 Å². The summed E-state index contributed by atoms with van der Waals surface area (Å²) in [5.41, 5.74) is 4.82. The molecule has 0 radical (unpaired) electrons. The summed E-state index contributed by atoms with van der Waals surface area (Å²) in [4.78, 5) is 25.8. The molecule has 0 saturated heterocycles. The van der Waals surface area contributed by atoms with Gasteiger partial charge in [0.2, 0.25) is 5.82 Å². The molecule has 122 valence electrons. The molecule has 1 aromatic carbocycles. The quantitative estimate of drug-likeness (QED) is 0.685. The average Bonchev–Trinajstić information content (AvgIpc) is 3.24.